The Bertz CT molecular complexity index is 152. The summed E-state index contributed by atoms with van der Waals surface area (Å²) < 4.78 is 0. The molecule has 0 aromatic rings. The molecule has 0 amide bonds. The van der Waals surface area contributed by atoms with E-state index in [1.54, 1.807) is 12.2 Å². The Labute approximate surface area is 56.0 Å². The molecule has 0 unspecified atom stereocenters. The predicted octanol–water partition coefficient (Wildman–Crippen LogP) is 2.58. The lowest BCUT2D eigenvalue weighted by Gasteiger charge is -1.94. The lowest BCUT2D eigenvalue weighted by atomic mass is 10.2. The summed E-state index contributed by atoms with van der Waals surface area (Å²) in [4.78, 5) is 0. The van der Waals surface area contributed by atoms with Gasteiger partial charge in [0.2, 0.25) is 0 Å². The zero-order valence-corrected chi connectivity index (χ0v) is 5.89. The highest BCUT2D eigenvalue weighted by atomic mass is 16.3. The second-order valence-corrected chi connectivity index (χ2v) is 1.76. The van der Waals surface area contributed by atoms with Gasteiger partial charge in [-0.15, -0.1) is 0 Å². The summed E-state index contributed by atoms with van der Waals surface area (Å²) in [7, 11) is 0. The molecule has 9 heavy (non-hydrogen) atoms. The Morgan fingerprint density at radius 2 is 2.11 bits per heavy atom. The fourth-order valence-electron chi connectivity index (χ4n) is 0.391. The monoisotopic (exact) mass is 124 g/mol. The normalized spacial score (nSPS) is 13.6. The number of aliphatic hydroxyl groups is 1. The van der Waals surface area contributed by atoms with Crippen LogP contribution in [0.1, 0.15) is 13.8 Å². The summed E-state index contributed by atoms with van der Waals surface area (Å²) in [5.74, 6) is 0.285. The maximum atomic E-state index is 9.04. The Morgan fingerprint density at radius 3 is 2.44 bits per heavy atom. The molecule has 0 heterocycles. The number of allylic oxidation sites excluding steroid dienone is 4. The molecule has 0 atom stereocenters. The molecule has 1 N–H and O–H groups in total. The van der Waals surface area contributed by atoms with Crippen LogP contribution >= 0.6 is 0 Å². The lowest BCUT2D eigenvalue weighted by Crippen LogP contribution is -1.79. The largest absolute Gasteiger partial charge is 0.508 e. The molecule has 0 fully saturated rings. The quantitative estimate of drug-likeness (QED) is 0.443. The third-order valence-corrected chi connectivity index (χ3v) is 1.11. The highest BCUT2D eigenvalue weighted by Crippen LogP contribution is 2.03. The first-order valence-electron chi connectivity index (χ1n) is 2.87. The van der Waals surface area contributed by atoms with E-state index in [0.717, 1.165) is 5.57 Å². The minimum atomic E-state index is 0.285. The van der Waals surface area contributed by atoms with Crippen molar-refractivity contribution < 1.29 is 5.11 Å². The van der Waals surface area contributed by atoms with Gasteiger partial charge in [-0.05, 0) is 25.5 Å². The van der Waals surface area contributed by atoms with Crippen molar-refractivity contribution >= 4 is 0 Å². The highest BCUT2D eigenvalue weighted by molar-refractivity contribution is 5.24. The number of hydrogen-bond acceptors (Lipinski definition) is 1. The van der Waals surface area contributed by atoms with Gasteiger partial charge in [0.1, 0.15) is 5.76 Å². The minimum absolute atomic E-state index is 0.285. The van der Waals surface area contributed by atoms with Gasteiger partial charge in [0.25, 0.3) is 0 Å². The molecule has 0 aromatic carbocycles. The maximum Gasteiger partial charge on any atom is 0.118 e. The molecule has 0 bridgehead atoms. The van der Waals surface area contributed by atoms with E-state index in [2.05, 4.69) is 6.58 Å². The molecule has 0 saturated heterocycles. The molecule has 1 nitrogen and oxygen atoms in total. The molecule has 0 aliphatic carbocycles. The van der Waals surface area contributed by atoms with Crippen molar-refractivity contribution in [1.82, 2.24) is 0 Å². The molecule has 0 aliphatic heterocycles. The molecule has 50 valence electrons. The molecule has 0 saturated carbocycles. The van der Waals surface area contributed by atoms with Gasteiger partial charge < -0.3 is 5.11 Å². The van der Waals surface area contributed by atoms with Crippen LogP contribution in [-0.2, 0) is 0 Å². The zero-order valence-electron chi connectivity index (χ0n) is 5.89. The average molecular weight is 124 g/mol. The van der Waals surface area contributed by atoms with Crippen LogP contribution in [0, 0.1) is 0 Å². The Kier molecular flexibility index (Phi) is 3.52. The molecule has 0 spiro atoms. The Balaban J connectivity index is 4.19. The van der Waals surface area contributed by atoms with E-state index in [9.17, 15) is 0 Å². The van der Waals surface area contributed by atoms with Crippen LogP contribution in [0.2, 0.25) is 0 Å². The topological polar surface area (TPSA) is 20.2 Å². The molecular weight excluding hydrogens is 112 g/mol. The van der Waals surface area contributed by atoms with Gasteiger partial charge in [-0.2, -0.15) is 0 Å². The molecule has 0 aromatic heterocycles. The first-order valence-corrected chi connectivity index (χ1v) is 2.87. The zero-order chi connectivity index (χ0) is 7.28. The Morgan fingerprint density at radius 1 is 1.56 bits per heavy atom. The summed E-state index contributed by atoms with van der Waals surface area (Å²) in [5, 5.41) is 9.04. The van der Waals surface area contributed by atoms with Crippen LogP contribution in [0.25, 0.3) is 0 Å². The predicted molar refractivity (Wildman–Crippen MR) is 40.3 cm³/mol. The van der Waals surface area contributed by atoms with E-state index in [1.165, 1.54) is 0 Å². The molecular formula is C8H12O. The number of hydrogen-bond donors (Lipinski definition) is 1. The van der Waals surface area contributed by atoms with Crippen LogP contribution in [0.5, 0.6) is 0 Å². The van der Waals surface area contributed by atoms with E-state index in [0.29, 0.717) is 0 Å². The van der Waals surface area contributed by atoms with Crippen molar-refractivity contribution in [3.05, 3.63) is 36.1 Å². The second-order valence-electron chi connectivity index (χ2n) is 1.76. The van der Waals surface area contributed by atoms with Gasteiger partial charge in [-0.3, -0.25) is 0 Å². The fourth-order valence-corrected chi connectivity index (χ4v) is 0.391. The van der Waals surface area contributed by atoms with Crippen LogP contribution < -0.4 is 0 Å². The van der Waals surface area contributed by atoms with Crippen LogP contribution in [0.15, 0.2) is 36.1 Å². The van der Waals surface area contributed by atoms with E-state index in [-0.39, 0.29) is 5.76 Å². The van der Waals surface area contributed by atoms with Crippen molar-refractivity contribution in [3.8, 4) is 0 Å². The van der Waals surface area contributed by atoms with Crippen LogP contribution in [-0.4, -0.2) is 5.11 Å². The van der Waals surface area contributed by atoms with Gasteiger partial charge >= 0.3 is 0 Å². The third-order valence-electron chi connectivity index (χ3n) is 1.11. The molecule has 0 rings (SSSR count). The maximum absolute atomic E-state index is 9.04. The first kappa shape index (κ1) is 8.02. The second kappa shape index (κ2) is 3.96. The summed E-state index contributed by atoms with van der Waals surface area (Å²) in [6, 6.07) is 0. The van der Waals surface area contributed by atoms with Gasteiger partial charge in [-0.1, -0.05) is 18.7 Å². The molecule has 1 heteroatoms. The van der Waals surface area contributed by atoms with Gasteiger partial charge in [0.15, 0.2) is 0 Å². The smallest absolute Gasteiger partial charge is 0.118 e. The van der Waals surface area contributed by atoms with Gasteiger partial charge in [0.05, 0.1) is 0 Å². The van der Waals surface area contributed by atoms with Crippen molar-refractivity contribution in [3.63, 3.8) is 0 Å². The standard InChI is InChI=1S/C8H12O/c1-4-6-8(9)7(3)5-2/h4-6,9H,1H2,2-3H3/b7-5-,8-6+. The van der Waals surface area contributed by atoms with Crippen molar-refractivity contribution in [2.45, 2.75) is 13.8 Å². The van der Waals surface area contributed by atoms with E-state index in [1.807, 2.05) is 19.9 Å². The summed E-state index contributed by atoms with van der Waals surface area (Å²) in [5.41, 5.74) is 0.870. The summed E-state index contributed by atoms with van der Waals surface area (Å²) in [6.45, 7) is 7.17. The highest BCUT2D eigenvalue weighted by Gasteiger charge is 1.89. The van der Waals surface area contributed by atoms with Crippen LogP contribution in [0.4, 0.5) is 0 Å². The SMILES string of the molecule is C=C/C=C(O)\C(C)=C/C. The minimum Gasteiger partial charge on any atom is -0.508 e. The average Bonchev–Trinajstić information content (AvgIpc) is 1.87. The van der Waals surface area contributed by atoms with E-state index < -0.39 is 0 Å². The fraction of sp³-hybridized carbons (Fsp3) is 0.250. The van der Waals surface area contributed by atoms with Gasteiger partial charge in [-0.25, -0.2) is 0 Å². The molecule has 0 aliphatic rings. The third kappa shape index (κ3) is 2.75. The lowest BCUT2D eigenvalue weighted by molar-refractivity contribution is 0.423. The summed E-state index contributed by atoms with van der Waals surface area (Å²) >= 11 is 0. The first-order chi connectivity index (χ1) is 4.22. The summed E-state index contributed by atoms with van der Waals surface area (Å²) in [6.07, 6.45) is 4.97. The van der Waals surface area contributed by atoms with Gasteiger partial charge in [0, 0.05) is 0 Å². The Hall–Kier alpha value is -0.980. The number of rotatable bonds is 2. The van der Waals surface area contributed by atoms with Crippen molar-refractivity contribution in [2.24, 2.45) is 0 Å². The van der Waals surface area contributed by atoms with Crippen molar-refractivity contribution in [2.75, 3.05) is 0 Å². The molecule has 0 radical (unpaired) electrons. The van der Waals surface area contributed by atoms with Crippen LogP contribution in [0.3, 0.4) is 0 Å². The van der Waals surface area contributed by atoms with E-state index in [4.69, 9.17) is 5.11 Å². The number of aliphatic hydroxyl groups excluding tert-OH is 1. The van der Waals surface area contributed by atoms with Crippen molar-refractivity contribution in [1.29, 1.82) is 0 Å². The van der Waals surface area contributed by atoms with E-state index >= 15 is 0 Å².